The maximum absolute atomic E-state index is 11.6. The van der Waals surface area contributed by atoms with Gasteiger partial charge >= 0.3 is 0 Å². The van der Waals surface area contributed by atoms with Crippen molar-refractivity contribution in [3.8, 4) is 22.9 Å². The molecular weight excluding hydrogens is 324 g/mol. The second-order valence-corrected chi connectivity index (χ2v) is 5.03. The van der Waals surface area contributed by atoms with Gasteiger partial charge in [-0.25, -0.2) is 0 Å². The van der Waals surface area contributed by atoms with E-state index in [-0.39, 0.29) is 18.2 Å². The topological polar surface area (TPSA) is 99.4 Å². The van der Waals surface area contributed by atoms with Crippen molar-refractivity contribution < 1.29 is 18.8 Å². The second kappa shape index (κ2) is 7.54. The largest absolute Gasteiger partial charge is 0.457 e. The van der Waals surface area contributed by atoms with Gasteiger partial charge in [0.25, 0.3) is 11.8 Å². The van der Waals surface area contributed by atoms with E-state index in [0.29, 0.717) is 23.2 Å². The van der Waals surface area contributed by atoms with Crippen molar-refractivity contribution in [2.45, 2.75) is 6.61 Å². The monoisotopic (exact) mass is 340 g/mol. The SMILES string of the molecule is CNC(=O)c1cc(Oc2cccc(-c3noc(COC)n3)c2)ccn1. The van der Waals surface area contributed by atoms with Crippen LogP contribution in [-0.4, -0.2) is 35.2 Å². The van der Waals surface area contributed by atoms with E-state index in [0.717, 1.165) is 5.56 Å². The number of methoxy groups -OCH3 is 1. The van der Waals surface area contributed by atoms with Gasteiger partial charge < -0.3 is 19.3 Å². The Morgan fingerprint density at radius 1 is 1.24 bits per heavy atom. The maximum Gasteiger partial charge on any atom is 0.269 e. The van der Waals surface area contributed by atoms with Crippen LogP contribution >= 0.6 is 0 Å². The Hall–Kier alpha value is -3.26. The molecule has 0 bridgehead atoms. The zero-order valence-electron chi connectivity index (χ0n) is 13.7. The summed E-state index contributed by atoms with van der Waals surface area (Å²) in [7, 11) is 3.10. The van der Waals surface area contributed by atoms with E-state index >= 15 is 0 Å². The number of rotatable bonds is 6. The summed E-state index contributed by atoms with van der Waals surface area (Å²) in [5.41, 5.74) is 1.02. The lowest BCUT2D eigenvalue weighted by Gasteiger charge is -2.07. The van der Waals surface area contributed by atoms with E-state index in [1.807, 2.05) is 12.1 Å². The van der Waals surface area contributed by atoms with Crippen LogP contribution in [0.5, 0.6) is 11.5 Å². The predicted molar refractivity (Wildman–Crippen MR) is 88.1 cm³/mol. The molecular formula is C17H16N4O4. The van der Waals surface area contributed by atoms with Crippen LogP contribution in [0, 0.1) is 0 Å². The molecule has 8 nitrogen and oxygen atoms in total. The van der Waals surface area contributed by atoms with E-state index in [1.165, 1.54) is 6.20 Å². The number of hydrogen-bond acceptors (Lipinski definition) is 7. The van der Waals surface area contributed by atoms with Gasteiger partial charge in [-0.05, 0) is 18.2 Å². The van der Waals surface area contributed by atoms with Crippen molar-refractivity contribution in [1.82, 2.24) is 20.4 Å². The quantitative estimate of drug-likeness (QED) is 0.735. The van der Waals surface area contributed by atoms with E-state index in [9.17, 15) is 4.79 Å². The third-order valence-electron chi connectivity index (χ3n) is 3.25. The molecule has 0 fully saturated rings. The van der Waals surface area contributed by atoms with Crippen LogP contribution in [0.2, 0.25) is 0 Å². The highest BCUT2D eigenvalue weighted by Gasteiger charge is 2.10. The van der Waals surface area contributed by atoms with Crippen molar-refractivity contribution in [1.29, 1.82) is 0 Å². The first-order chi connectivity index (χ1) is 12.2. The van der Waals surface area contributed by atoms with E-state index in [2.05, 4.69) is 20.4 Å². The number of amides is 1. The van der Waals surface area contributed by atoms with E-state index < -0.39 is 0 Å². The molecule has 0 aliphatic heterocycles. The fourth-order valence-electron chi connectivity index (χ4n) is 2.12. The third kappa shape index (κ3) is 3.99. The summed E-state index contributed by atoms with van der Waals surface area (Å²) >= 11 is 0. The Morgan fingerprint density at radius 3 is 2.88 bits per heavy atom. The smallest absolute Gasteiger partial charge is 0.269 e. The number of carbonyl (C=O) groups is 1. The zero-order chi connectivity index (χ0) is 17.6. The molecule has 1 N–H and O–H groups in total. The molecule has 2 heterocycles. The van der Waals surface area contributed by atoms with Gasteiger partial charge in [-0.1, -0.05) is 17.3 Å². The first-order valence-corrected chi connectivity index (χ1v) is 7.47. The highest BCUT2D eigenvalue weighted by molar-refractivity contribution is 5.92. The molecule has 3 rings (SSSR count). The molecule has 0 saturated heterocycles. The van der Waals surface area contributed by atoms with Crippen molar-refractivity contribution in [3.63, 3.8) is 0 Å². The van der Waals surface area contributed by atoms with Crippen molar-refractivity contribution in [3.05, 3.63) is 54.2 Å². The van der Waals surface area contributed by atoms with Crippen LogP contribution < -0.4 is 10.1 Å². The molecule has 8 heteroatoms. The van der Waals surface area contributed by atoms with Gasteiger partial charge in [-0.2, -0.15) is 4.98 Å². The van der Waals surface area contributed by atoms with Gasteiger partial charge in [-0.3, -0.25) is 9.78 Å². The molecule has 0 radical (unpaired) electrons. The highest BCUT2D eigenvalue weighted by Crippen LogP contribution is 2.26. The molecule has 0 atom stereocenters. The van der Waals surface area contributed by atoms with Crippen LogP contribution in [-0.2, 0) is 11.3 Å². The molecule has 0 spiro atoms. The number of carbonyl (C=O) groups excluding carboxylic acids is 1. The lowest BCUT2D eigenvalue weighted by molar-refractivity contribution is 0.0958. The maximum atomic E-state index is 11.6. The number of benzene rings is 1. The van der Waals surface area contributed by atoms with Crippen LogP contribution in [0.25, 0.3) is 11.4 Å². The van der Waals surface area contributed by atoms with Crippen LogP contribution in [0.4, 0.5) is 0 Å². The number of aromatic nitrogens is 3. The molecule has 1 aromatic carbocycles. The summed E-state index contributed by atoms with van der Waals surface area (Å²) in [6.07, 6.45) is 1.51. The summed E-state index contributed by atoms with van der Waals surface area (Å²) in [5, 5.41) is 6.44. The Kier molecular flexibility index (Phi) is 5.00. The standard InChI is InChI=1S/C17H16N4O4/c1-18-17(22)14-9-13(6-7-19-14)24-12-5-3-4-11(8-12)16-20-15(10-23-2)25-21-16/h3-9H,10H2,1-2H3,(H,18,22). The summed E-state index contributed by atoms with van der Waals surface area (Å²) in [4.78, 5) is 19.9. The third-order valence-corrected chi connectivity index (χ3v) is 3.25. The van der Waals surface area contributed by atoms with Gasteiger partial charge in [0, 0.05) is 32.0 Å². The molecule has 2 aromatic heterocycles. The zero-order valence-corrected chi connectivity index (χ0v) is 13.7. The Morgan fingerprint density at radius 2 is 2.08 bits per heavy atom. The minimum absolute atomic E-state index is 0.252. The molecule has 128 valence electrons. The van der Waals surface area contributed by atoms with Crippen molar-refractivity contribution >= 4 is 5.91 Å². The van der Waals surface area contributed by atoms with E-state index in [1.54, 1.807) is 38.4 Å². The molecule has 0 aliphatic carbocycles. The number of nitrogens with one attached hydrogen (secondary N) is 1. The lowest BCUT2D eigenvalue weighted by atomic mass is 10.2. The first kappa shape index (κ1) is 16.6. The van der Waals surface area contributed by atoms with E-state index in [4.69, 9.17) is 14.0 Å². The lowest BCUT2D eigenvalue weighted by Crippen LogP contribution is -2.18. The van der Waals surface area contributed by atoms with Crippen LogP contribution in [0.15, 0.2) is 47.1 Å². The van der Waals surface area contributed by atoms with Crippen LogP contribution in [0.3, 0.4) is 0 Å². The fraction of sp³-hybridized carbons (Fsp3) is 0.176. The van der Waals surface area contributed by atoms with Crippen molar-refractivity contribution in [2.75, 3.05) is 14.2 Å². The normalized spacial score (nSPS) is 10.5. The number of nitrogens with zero attached hydrogens (tertiary/aromatic N) is 3. The van der Waals surface area contributed by atoms with Gasteiger partial charge in [0.2, 0.25) is 5.82 Å². The number of hydrogen-bond donors (Lipinski definition) is 1. The number of ether oxygens (including phenoxy) is 2. The summed E-state index contributed by atoms with van der Waals surface area (Å²) in [6, 6.07) is 10.5. The molecule has 3 aromatic rings. The molecule has 0 unspecified atom stereocenters. The molecule has 0 aliphatic rings. The summed E-state index contributed by atoms with van der Waals surface area (Å²) in [5.74, 6) is 1.63. The summed E-state index contributed by atoms with van der Waals surface area (Å²) < 4.78 is 15.9. The van der Waals surface area contributed by atoms with Gasteiger partial charge in [-0.15, -0.1) is 0 Å². The molecule has 25 heavy (non-hydrogen) atoms. The predicted octanol–water partition coefficient (Wildman–Crippen LogP) is 2.43. The number of pyridine rings is 1. The average molecular weight is 340 g/mol. The second-order valence-electron chi connectivity index (χ2n) is 5.03. The average Bonchev–Trinajstić information content (AvgIpc) is 3.10. The Bertz CT molecular complexity index is 878. The molecule has 0 saturated carbocycles. The van der Waals surface area contributed by atoms with Gasteiger partial charge in [0.1, 0.15) is 23.8 Å². The Balaban J connectivity index is 1.81. The molecule has 1 amide bonds. The minimum Gasteiger partial charge on any atom is -0.457 e. The van der Waals surface area contributed by atoms with Crippen LogP contribution in [0.1, 0.15) is 16.4 Å². The Labute approximate surface area is 143 Å². The van der Waals surface area contributed by atoms with Crippen molar-refractivity contribution in [2.24, 2.45) is 0 Å². The fourth-order valence-corrected chi connectivity index (χ4v) is 2.12. The van der Waals surface area contributed by atoms with Gasteiger partial charge in [0.15, 0.2) is 0 Å². The highest BCUT2D eigenvalue weighted by atomic mass is 16.5. The minimum atomic E-state index is -0.281. The summed E-state index contributed by atoms with van der Waals surface area (Å²) in [6.45, 7) is 0.252. The first-order valence-electron chi connectivity index (χ1n) is 7.47. The van der Waals surface area contributed by atoms with Gasteiger partial charge in [0.05, 0.1) is 0 Å².